The zero-order valence-corrected chi connectivity index (χ0v) is 12.3. The number of aliphatic carboxylic acids is 1. The van der Waals surface area contributed by atoms with Gasteiger partial charge in [0.05, 0.1) is 6.54 Å². The van der Waals surface area contributed by atoms with Crippen molar-refractivity contribution in [3.05, 3.63) is 0 Å². The van der Waals surface area contributed by atoms with Gasteiger partial charge in [-0.15, -0.1) is 0 Å². The van der Waals surface area contributed by atoms with E-state index in [-0.39, 0.29) is 44.3 Å². The zero-order chi connectivity index (χ0) is 13.6. The molecule has 0 saturated carbocycles. The molecule has 0 heterocycles. The SMILES string of the molecule is CCCCCCCCCCCCN(C)CC(=O)O.[CaH2]. The minimum atomic E-state index is -0.732. The van der Waals surface area contributed by atoms with Crippen LogP contribution >= 0.6 is 0 Å². The number of hydrogen-bond acceptors (Lipinski definition) is 2. The molecular weight excluding hydrogens is 266 g/mol. The molecule has 0 aromatic rings. The van der Waals surface area contributed by atoms with Crippen molar-refractivity contribution in [1.82, 2.24) is 4.90 Å². The van der Waals surface area contributed by atoms with Gasteiger partial charge < -0.3 is 5.11 Å². The van der Waals surface area contributed by atoms with Crippen LogP contribution in [0.5, 0.6) is 0 Å². The van der Waals surface area contributed by atoms with Gasteiger partial charge in [0.25, 0.3) is 0 Å². The molecule has 0 aromatic heterocycles. The predicted octanol–water partition coefficient (Wildman–Crippen LogP) is 3.01. The topological polar surface area (TPSA) is 40.5 Å². The van der Waals surface area contributed by atoms with Gasteiger partial charge in [-0.3, -0.25) is 9.69 Å². The van der Waals surface area contributed by atoms with E-state index in [0.717, 1.165) is 13.0 Å². The Labute approximate surface area is 149 Å². The number of carboxylic acid groups (broad SMARTS) is 1. The molecule has 0 spiro atoms. The summed E-state index contributed by atoms with van der Waals surface area (Å²) in [6, 6.07) is 0. The van der Waals surface area contributed by atoms with Gasteiger partial charge in [0.15, 0.2) is 0 Å². The molecule has 0 aliphatic carbocycles. The second-order valence-electron chi connectivity index (χ2n) is 5.31. The summed E-state index contributed by atoms with van der Waals surface area (Å²) in [6.45, 7) is 3.32. The van der Waals surface area contributed by atoms with Gasteiger partial charge in [0, 0.05) is 0 Å². The maximum atomic E-state index is 10.5. The van der Waals surface area contributed by atoms with Gasteiger partial charge in [-0.1, -0.05) is 64.7 Å². The first-order valence-corrected chi connectivity index (χ1v) is 7.57. The Bertz CT molecular complexity index is 201. The first kappa shape index (κ1) is 22.0. The molecule has 0 bridgehead atoms. The molecule has 0 fully saturated rings. The summed E-state index contributed by atoms with van der Waals surface area (Å²) in [5, 5.41) is 8.60. The van der Waals surface area contributed by atoms with E-state index in [9.17, 15) is 4.79 Å². The normalized spacial score (nSPS) is 10.5. The van der Waals surface area contributed by atoms with E-state index in [4.69, 9.17) is 5.11 Å². The summed E-state index contributed by atoms with van der Waals surface area (Å²) in [7, 11) is 1.88. The summed E-state index contributed by atoms with van der Waals surface area (Å²) < 4.78 is 0. The van der Waals surface area contributed by atoms with Crippen LogP contribution in [0, 0.1) is 0 Å². The third kappa shape index (κ3) is 18.7. The number of hydrogen-bond donors (Lipinski definition) is 1. The molecule has 0 saturated heterocycles. The third-order valence-electron chi connectivity index (χ3n) is 3.30. The first-order valence-electron chi connectivity index (χ1n) is 7.57. The Kier molecular flexibility index (Phi) is 19.4. The van der Waals surface area contributed by atoms with Crippen molar-refractivity contribution in [3.63, 3.8) is 0 Å². The van der Waals surface area contributed by atoms with Gasteiger partial charge in [-0.05, 0) is 20.0 Å². The van der Waals surface area contributed by atoms with E-state index >= 15 is 0 Å². The summed E-state index contributed by atoms with van der Waals surface area (Å²) in [5.74, 6) is -0.732. The molecule has 1 N–H and O–H groups in total. The number of likely N-dealkylation sites (N-methyl/N-ethyl adjacent to an activating group) is 1. The van der Waals surface area contributed by atoms with Crippen LogP contribution in [-0.2, 0) is 4.79 Å². The van der Waals surface area contributed by atoms with E-state index in [1.54, 1.807) is 0 Å². The second kappa shape index (κ2) is 16.7. The first-order chi connectivity index (χ1) is 8.66. The summed E-state index contributed by atoms with van der Waals surface area (Å²) in [6.07, 6.45) is 13.3. The summed E-state index contributed by atoms with van der Waals surface area (Å²) in [4.78, 5) is 12.3. The van der Waals surface area contributed by atoms with Gasteiger partial charge in [0.1, 0.15) is 0 Å². The van der Waals surface area contributed by atoms with Crippen LogP contribution in [0.2, 0.25) is 0 Å². The summed E-state index contributed by atoms with van der Waals surface area (Å²) >= 11 is 0. The third-order valence-corrected chi connectivity index (χ3v) is 3.30. The van der Waals surface area contributed by atoms with Gasteiger partial charge in [-0.25, -0.2) is 0 Å². The van der Waals surface area contributed by atoms with Crippen molar-refractivity contribution in [3.8, 4) is 0 Å². The van der Waals surface area contributed by atoms with Crippen molar-refractivity contribution in [2.24, 2.45) is 0 Å². The monoisotopic (exact) mass is 299 g/mol. The van der Waals surface area contributed by atoms with Gasteiger partial charge in [-0.2, -0.15) is 0 Å². The molecule has 0 aromatic carbocycles. The second-order valence-corrected chi connectivity index (χ2v) is 5.31. The van der Waals surface area contributed by atoms with Crippen molar-refractivity contribution in [2.45, 2.75) is 71.1 Å². The average Bonchev–Trinajstić information content (AvgIpc) is 2.30. The minimum absolute atomic E-state index is 0. The zero-order valence-electron chi connectivity index (χ0n) is 12.3. The van der Waals surface area contributed by atoms with E-state index in [0.29, 0.717) is 0 Å². The molecule has 112 valence electrons. The van der Waals surface area contributed by atoms with Crippen LogP contribution in [-0.4, -0.2) is 73.9 Å². The molecule has 0 rings (SSSR count). The fourth-order valence-electron chi connectivity index (χ4n) is 2.18. The number of nitrogens with zero attached hydrogens (tertiary/aromatic N) is 1. The van der Waals surface area contributed by atoms with Gasteiger partial charge >= 0.3 is 43.7 Å². The van der Waals surface area contributed by atoms with Crippen LogP contribution in [0.3, 0.4) is 0 Å². The molecule has 0 unspecified atom stereocenters. The van der Waals surface area contributed by atoms with Gasteiger partial charge in [0.2, 0.25) is 0 Å². The molecule has 0 atom stereocenters. The molecule has 0 aliphatic rings. The maximum absolute atomic E-state index is 10.5. The van der Waals surface area contributed by atoms with E-state index < -0.39 is 5.97 Å². The molecule has 0 amide bonds. The van der Waals surface area contributed by atoms with Crippen molar-refractivity contribution in [2.75, 3.05) is 20.1 Å². The van der Waals surface area contributed by atoms with E-state index in [1.165, 1.54) is 57.8 Å². The van der Waals surface area contributed by atoms with E-state index in [1.807, 2.05) is 11.9 Å². The fourth-order valence-corrected chi connectivity index (χ4v) is 2.18. The Balaban J connectivity index is 0. The standard InChI is InChI=1S/C15H31NO2.Ca.2H/c1-3-4-5-6-7-8-9-10-11-12-13-16(2)14-15(17)18;;;/h3-14H2,1-2H3,(H,17,18);;;. The van der Waals surface area contributed by atoms with Crippen LogP contribution in [0.15, 0.2) is 0 Å². The van der Waals surface area contributed by atoms with Crippen molar-refractivity contribution in [1.29, 1.82) is 0 Å². The van der Waals surface area contributed by atoms with Crippen LogP contribution in [0.1, 0.15) is 71.1 Å². The van der Waals surface area contributed by atoms with Crippen LogP contribution in [0.4, 0.5) is 0 Å². The van der Waals surface area contributed by atoms with Crippen molar-refractivity contribution >= 4 is 43.7 Å². The molecule has 3 nitrogen and oxygen atoms in total. The molecule has 0 aliphatic heterocycles. The van der Waals surface area contributed by atoms with Crippen molar-refractivity contribution < 1.29 is 9.90 Å². The van der Waals surface area contributed by atoms with Crippen LogP contribution < -0.4 is 0 Å². The Morgan fingerprint density at radius 2 is 1.32 bits per heavy atom. The van der Waals surface area contributed by atoms with Crippen LogP contribution in [0.25, 0.3) is 0 Å². The fraction of sp³-hybridized carbons (Fsp3) is 0.933. The Morgan fingerprint density at radius 3 is 1.74 bits per heavy atom. The molecular formula is C15H33CaNO2. The Morgan fingerprint density at radius 1 is 0.895 bits per heavy atom. The summed E-state index contributed by atoms with van der Waals surface area (Å²) in [5.41, 5.74) is 0. The number of carbonyl (C=O) groups is 1. The quantitative estimate of drug-likeness (QED) is 0.420. The number of unbranched alkanes of at least 4 members (excludes halogenated alkanes) is 9. The molecule has 19 heavy (non-hydrogen) atoms. The average molecular weight is 300 g/mol. The van der Waals surface area contributed by atoms with E-state index in [2.05, 4.69) is 6.92 Å². The Hall–Kier alpha value is 0.690. The molecule has 0 radical (unpaired) electrons. The number of rotatable bonds is 13. The molecule has 4 heteroatoms. The predicted molar refractivity (Wildman–Crippen MR) is 85.5 cm³/mol. The number of carboxylic acids is 1.